The highest BCUT2D eigenvalue weighted by atomic mass is 79.9. The van der Waals surface area contributed by atoms with E-state index in [9.17, 15) is 18.0 Å². The number of likely N-dealkylation sites (tertiary alicyclic amines) is 1. The van der Waals surface area contributed by atoms with Crippen molar-refractivity contribution < 1.29 is 18.0 Å². The Labute approximate surface area is 179 Å². The number of halogens is 5. The summed E-state index contributed by atoms with van der Waals surface area (Å²) in [5, 5.41) is 7.02. The third-order valence-corrected chi connectivity index (χ3v) is 6.30. The van der Waals surface area contributed by atoms with Gasteiger partial charge in [0.1, 0.15) is 10.8 Å². The zero-order valence-electron chi connectivity index (χ0n) is 15.3. The topological polar surface area (TPSA) is 50.2 Å². The Balaban J connectivity index is 1.71. The van der Waals surface area contributed by atoms with Gasteiger partial charge in [0.05, 0.1) is 6.04 Å². The summed E-state index contributed by atoms with van der Waals surface area (Å²) in [5.41, 5.74) is 0.580. The first-order chi connectivity index (χ1) is 13.8. The molecule has 2 atom stereocenters. The van der Waals surface area contributed by atoms with Crippen LogP contribution in [0, 0.1) is 0 Å². The molecule has 156 valence electrons. The van der Waals surface area contributed by atoms with Crippen molar-refractivity contribution in [2.75, 3.05) is 18.4 Å². The molecule has 3 heterocycles. The molecule has 0 aliphatic carbocycles. The fourth-order valence-electron chi connectivity index (χ4n) is 3.89. The molecule has 1 fully saturated rings. The first-order valence-electron chi connectivity index (χ1n) is 9.41. The summed E-state index contributed by atoms with van der Waals surface area (Å²) in [6, 6.07) is 4.60. The number of hydrogen-bond acceptors (Lipinski definition) is 3. The highest BCUT2D eigenvalue weighted by molar-refractivity contribution is 9.10. The zero-order valence-corrected chi connectivity index (χ0v) is 17.7. The third-order valence-electron chi connectivity index (χ3n) is 5.41. The van der Waals surface area contributed by atoms with Gasteiger partial charge in [-0.25, -0.2) is 4.68 Å². The molecule has 2 aliphatic heterocycles. The summed E-state index contributed by atoms with van der Waals surface area (Å²) >= 11 is 9.71. The van der Waals surface area contributed by atoms with E-state index in [1.165, 1.54) is 0 Å². The van der Waals surface area contributed by atoms with Gasteiger partial charge in [-0.05, 0) is 37.0 Å². The Kier molecular flexibility index (Phi) is 5.54. The smallest absolute Gasteiger partial charge is 0.362 e. The lowest BCUT2D eigenvalue weighted by Gasteiger charge is -2.33. The molecule has 2 aliphatic rings. The minimum absolute atomic E-state index is 0.0357. The Morgan fingerprint density at radius 2 is 1.83 bits per heavy atom. The van der Waals surface area contributed by atoms with Crippen LogP contribution in [0.5, 0.6) is 0 Å². The number of benzene rings is 1. The standard InChI is InChI=1S/C19H19BrClF3N4O/c20-12-6-4-11(5-7-12)13-10-14(19(22,23)24)28-17(25-13)15(21)16(26-28)18(29)27-8-2-1-3-9-27/h4-7,13-14,25H,1-3,8-10H2/t13-,14-/m1/s1. The molecule has 2 aromatic rings. The van der Waals surface area contributed by atoms with Crippen LogP contribution in [-0.4, -0.2) is 39.9 Å². The summed E-state index contributed by atoms with van der Waals surface area (Å²) in [7, 11) is 0. The van der Waals surface area contributed by atoms with Gasteiger partial charge in [0, 0.05) is 24.0 Å². The second kappa shape index (κ2) is 7.83. The first kappa shape index (κ1) is 20.5. The number of alkyl halides is 3. The number of fused-ring (bicyclic) bond motifs is 1. The molecule has 5 nitrogen and oxygen atoms in total. The molecule has 0 unspecified atom stereocenters. The van der Waals surface area contributed by atoms with Crippen molar-refractivity contribution in [2.24, 2.45) is 0 Å². The van der Waals surface area contributed by atoms with Crippen LogP contribution in [0.15, 0.2) is 28.7 Å². The summed E-state index contributed by atoms with van der Waals surface area (Å²) in [5.74, 6) is -0.381. The van der Waals surface area contributed by atoms with Gasteiger partial charge in [0.25, 0.3) is 5.91 Å². The van der Waals surface area contributed by atoms with E-state index >= 15 is 0 Å². The van der Waals surface area contributed by atoms with Crippen LogP contribution >= 0.6 is 27.5 Å². The quantitative estimate of drug-likeness (QED) is 0.596. The molecule has 0 spiro atoms. The van der Waals surface area contributed by atoms with E-state index in [1.54, 1.807) is 29.2 Å². The van der Waals surface area contributed by atoms with Gasteiger partial charge in [-0.1, -0.05) is 39.7 Å². The molecule has 1 amide bonds. The molecule has 1 saturated heterocycles. The SMILES string of the molecule is O=C(c1nn2c(c1Cl)N[C@@H](c1ccc(Br)cc1)C[C@@H]2C(F)(F)F)N1CCCCC1. The van der Waals surface area contributed by atoms with Crippen LogP contribution in [0.4, 0.5) is 19.0 Å². The van der Waals surface area contributed by atoms with Crippen molar-refractivity contribution in [1.29, 1.82) is 0 Å². The van der Waals surface area contributed by atoms with Crippen LogP contribution < -0.4 is 5.32 Å². The lowest BCUT2D eigenvalue weighted by Crippen LogP contribution is -2.37. The molecule has 1 aromatic carbocycles. The van der Waals surface area contributed by atoms with Gasteiger partial charge < -0.3 is 10.2 Å². The third kappa shape index (κ3) is 3.99. The number of anilines is 1. The average Bonchev–Trinajstić information content (AvgIpc) is 3.04. The van der Waals surface area contributed by atoms with Crippen molar-refractivity contribution >= 4 is 39.3 Å². The molecular weight excluding hydrogens is 473 g/mol. The van der Waals surface area contributed by atoms with Crippen molar-refractivity contribution in [1.82, 2.24) is 14.7 Å². The molecule has 0 bridgehead atoms. The van der Waals surface area contributed by atoms with Crippen molar-refractivity contribution in [2.45, 2.75) is 43.9 Å². The Morgan fingerprint density at radius 3 is 2.45 bits per heavy atom. The monoisotopic (exact) mass is 490 g/mol. The molecule has 0 saturated carbocycles. The maximum Gasteiger partial charge on any atom is 0.410 e. The number of carbonyl (C=O) groups excluding carboxylic acids is 1. The average molecular weight is 492 g/mol. The lowest BCUT2D eigenvalue weighted by molar-refractivity contribution is -0.173. The van der Waals surface area contributed by atoms with E-state index in [4.69, 9.17) is 11.6 Å². The van der Waals surface area contributed by atoms with Crippen LogP contribution in [0.25, 0.3) is 0 Å². The molecule has 1 N–H and O–H groups in total. The number of rotatable bonds is 2. The maximum absolute atomic E-state index is 13.8. The van der Waals surface area contributed by atoms with Crippen molar-refractivity contribution in [3.63, 3.8) is 0 Å². The minimum atomic E-state index is -4.52. The van der Waals surface area contributed by atoms with Gasteiger partial charge in [-0.3, -0.25) is 4.79 Å². The van der Waals surface area contributed by atoms with Gasteiger partial charge >= 0.3 is 6.18 Å². The molecule has 0 radical (unpaired) electrons. The zero-order chi connectivity index (χ0) is 20.8. The Bertz CT molecular complexity index is 909. The number of hydrogen-bond donors (Lipinski definition) is 1. The summed E-state index contributed by atoms with van der Waals surface area (Å²) in [4.78, 5) is 14.4. The van der Waals surface area contributed by atoms with Crippen molar-refractivity contribution in [3.8, 4) is 0 Å². The van der Waals surface area contributed by atoms with Crippen LogP contribution in [0.2, 0.25) is 5.02 Å². The van der Waals surface area contributed by atoms with E-state index in [1.807, 2.05) is 0 Å². The number of nitrogens with one attached hydrogen (secondary N) is 1. The number of amides is 1. The molecular formula is C19H19BrClF3N4O. The second-order valence-electron chi connectivity index (χ2n) is 7.35. The predicted octanol–water partition coefficient (Wildman–Crippen LogP) is 5.59. The van der Waals surface area contributed by atoms with E-state index in [0.29, 0.717) is 18.7 Å². The maximum atomic E-state index is 13.8. The van der Waals surface area contributed by atoms with Gasteiger partial charge in [-0.2, -0.15) is 18.3 Å². The van der Waals surface area contributed by atoms with Gasteiger partial charge in [0.15, 0.2) is 11.7 Å². The Morgan fingerprint density at radius 1 is 1.17 bits per heavy atom. The van der Waals surface area contributed by atoms with Crippen LogP contribution in [-0.2, 0) is 0 Å². The van der Waals surface area contributed by atoms with E-state index in [2.05, 4.69) is 26.3 Å². The molecule has 10 heteroatoms. The fraction of sp³-hybridized carbons (Fsp3) is 0.474. The predicted molar refractivity (Wildman–Crippen MR) is 107 cm³/mol. The fourth-order valence-corrected chi connectivity index (χ4v) is 4.41. The number of piperidine rings is 1. The summed E-state index contributed by atoms with van der Waals surface area (Å²) in [6.45, 7) is 1.13. The van der Waals surface area contributed by atoms with Gasteiger partial charge in [-0.15, -0.1) is 0 Å². The van der Waals surface area contributed by atoms with Crippen LogP contribution in [0.1, 0.15) is 53.8 Å². The van der Waals surface area contributed by atoms with Crippen LogP contribution in [0.3, 0.4) is 0 Å². The number of nitrogens with zero attached hydrogens (tertiary/aromatic N) is 3. The lowest BCUT2D eigenvalue weighted by atomic mass is 9.97. The normalized spacial score (nSPS) is 22.2. The molecule has 29 heavy (non-hydrogen) atoms. The number of carbonyl (C=O) groups is 1. The van der Waals surface area contributed by atoms with E-state index < -0.39 is 24.2 Å². The highest BCUT2D eigenvalue weighted by Gasteiger charge is 2.48. The summed E-state index contributed by atoms with van der Waals surface area (Å²) < 4.78 is 43.2. The first-order valence-corrected chi connectivity index (χ1v) is 10.6. The van der Waals surface area contributed by atoms with Gasteiger partial charge in [0.2, 0.25) is 0 Å². The largest absolute Gasteiger partial charge is 0.410 e. The molecule has 1 aromatic heterocycles. The molecule has 4 rings (SSSR count). The minimum Gasteiger partial charge on any atom is -0.362 e. The van der Waals surface area contributed by atoms with E-state index in [-0.39, 0.29) is 23.0 Å². The number of aromatic nitrogens is 2. The van der Waals surface area contributed by atoms with E-state index in [0.717, 1.165) is 28.4 Å². The highest BCUT2D eigenvalue weighted by Crippen LogP contribution is 2.46. The van der Waals surface area contributed by atoms with Crippen molar-refractivity contribution in [3.05, 3.63) is 45.0 Å². The summed E-state index contributed by atoms with van der Waals surface area (Å²) in [6.07, 6.45) is -2.00. The second-order valence-corrected chi connectivity index (χ2v) is 8.64. The Hall–Kier alpha value is -1.74.